The number of rotatable bonds is 5. The molecule has 3 aromatic rings. The SMILES string of the molecule is CC(Sc1nnc(-c2ccc(F)cc2)n1C)c1cccc([N+](=O)[O-])c1. The summed E-state index contributed by atoms with van der Waals surface area (Å²) in [6, 6.07) is 12.6. The molecule has 0 fully saturated rings. The van der Waals surface area contributed by atoms with E-state index in [4.69, 9.17) is 0 Å². The molecule has 1 atom stereocenters. The normalized spacial score (nSPS) is 12.1. The third-order valence-electron chi connectivity index (χ3n) is 3.77. The smallest absolute Gasteiger partial charge is 0.269 e. The Morgan fingerprint density at radius 2 is 1.92 bits per heavy atom. The Labute approximate surface area is 147 Å². The lowest BCUT2D eigenvalue weighted by Crippen LogP contribution is -1.97. The summed E-state index contributed by atoms with van der Waals surface area (Å²) >= 11 is 1.46. The van der Waals surface area contributed by atoms with Crippen molar-refractivity contribution < 1.29 is 9.31 Å². The highest BCUT2D eigenvalue weighted by Crippen LogP contribution is 2.35. The Balaban J connectivity index is 1.83. The zero-order valence-electron chi connectivity index (χ0n) is 13.6. The standard InChI is InChI=1S/C17H15FN4O2S/c1-11(13-4-3-5-15(10-13)22(23)24)25-17-20-19-16(21(17)2)12-6-8-14(18)9-7-12/h3-11H,1-2H3. The highest BCUT2D eigenvalue weighted by atomic mass is 32.2. The van der Waals surface area contributed by atoms with Gasteiger partial charge in [0.05, 0.1) is 4.92 Å². The highest BCUT2D eigenvalue weighted by Gasteiger charge is 2.17. The third kappa shape index (κ3) is 3.69. The van der Waals surface area contributed by atoms with Gasteiger partial charge in [0.1, 0.15) is 5.82 Å². The number of nitro groups is 1. The number of halogens is 1. The first kappa shape index (κ1) is 17.1. The average molecular weight is 358 g/mol. The topological polar surface area (TPSA) is 73.8 Å². The van der Waals surface area contributed by atoms with E-state index in [0.717, 1.165) is 11.1 Å². The molecule has 2 aromatic carbocycles. The van der Waals surface area contributed by atoms with E-state index < -0.39 is 4.92 Å². The van der Waals surface area contributed by atoms with Gasteiger partial charge >= 0.3 is 0 Å². The zero-order valence-corrected chi connectivity index (χ0v) is 14.4. The molecule has 1 heterocycles. The molecule has 8 heteroatoms. The van der Waals surface area contributed by atoms with E-state index in [1.807, 2.05) is 24.6 Å². The van der Waals surface area contributed by atoms with Crippen LogP contribution in [0, 0.1) is 15.9 Å². The van der Waals surface area contributed by atoms with Gasteiger partial charge in [-0.05, 0) is 36.8 Å². The van der Waals surface area contributed by atoms with Crippen molar-refractivity contribution in [2.24, 2.45) is 7.05 Å². The van der Waals surface area contributed by atoms with Gasteiger partial charge in [-0.3, -0.25) is 10.1 Å². The molecule has 6 nitrogen and oxygen atoms in total. The van der Waals surface area contributed by atoms with Crippen molar-refractivity contribution in [1.82, 2.24) is 14.8 Å². The molecule has 128 valence electrons. The second-order valence-corrected chi connectivity index (χ2v) is 6.79. The molecule has 0 aliphatic carbocycles. The van der Waals surface area contributed by atoms with Crippen molar-refractivity contribution in [2.75, 3.05) is 0 Å². The van der Waals surface area contributed by atoms with Crippen molar-refractivity contribution in [3.8, 4) is 11.4 Å². The number of non-ortho nitro benzene ring substituents is 1. The van der Waals surface area contributed by atoms with E-state index in [1.54, 1.807) is 24.3 Å². The molecule has 1 aromatic heterocycles. The van der Waals surface area contributed by atoms with Gasteiger partial charge in [-0.25, -0.2) is 4.39 Å². The number of thioether (sulfide) groups is 1. The maximum absolute atomic E-state index is 13.1. The minimum Gasteiger partial charge on any atom is -0.305 e. The van der Waals surface area contributed by atoms with Gasteiger partial charge in [-0.15, -0.1) is 10.2 Å². The summed E-state index contributed by atoms with van der Waals surface area (Å²) in [4.78, 5) is 10.5. The molecular weight excluding hydrogens is 343 g/mol. The van der Waals surface area contributed by atoms with Gasteiger partial charge in [0.2, 0.25) is 0 Å². The van der Waals surface area contributed by atoms with E-state index >= 15 is 0 Å². The number of nitrogens with zero attached hydrogens (tertiary/aromatic N) is 4. The Kier molecular flexibility index (Phi) is 4.80. The number of hydrogen-bond acceptors (Lipinski definition) is 5. The van der Waals surface area contributed by atoms with Crippen LogP contribution in [0.2, 0.25) is 0 Å². The summed E-state index contributed by atoms with van der Waals surface area (Å²) in [5.74, 6) is 0.327. The van der Waals surface area contributed by atoms with Crippen LogP contribution in [0.5, 0.6) is 0 Å². The minimum absolute atomic E-state index is 0.0381. The van der Waals surface area contributed by atoms with E-state index in [2.05, 4.69) is 10.2 Å². The third-order valence-corrected chi connectivity index (χ3v) is 4.96. The average Bonchev–Trinajstić information content (AvgIpc) is 2.96. The Morgan fingerprint density at radius 1 is 1.20 bits per heavy atom. The van der Waals surface area contributed by atoms with Gasteiger partial charge in [0.25, 0.3) is 5.69 Å². The molecule has 3 rings (SSSR count). The Hall–Kier alpha value is -2.74. The van der Waals surface area contributed by atoms with Crippen molar-refractivity contribution in [2.45, 2.75) is 17.3 Å². The summed E-state index contributed by atoms with van der Waals surface area (Å²) in [7, 11) is 1.83. The van der Waals surface area contributed by atoms with Crippen molar-refractivity contribution in [3.05, 3.63) is 70.0 Å². The van der Waals surface area contributed by atoms with Crippen LogP contribution in [0.1, 0.15) is 17.7 Å². The van der Waals surface area contributed by atoms with E-state index in [-0.39, 0.29) is 16.8 Å². The van der Waals surface area contributed by atoms with E-state index in [0.29, 0.717) is 11.0 Å². The van der Waals surface area contributed by atoms with Gasteiger partial charge < -0.3 is 4.57 Å². The first-order valence-electron chi connectivity index (χ1n) is 7.52. The van der Waals surface area contributed by atoms with Crippen LogP contribution in [0.15, 0.2) is 53.7 Å². The molecule has 25 heavy (non-hydrogen) atoms. The van der Waals surface area contributed by atoms with Gasteiger partial charge in [0.15, 0.2) is 11.0 Å². The largest absolute Gasteiger partial charge is 0.305 e. The maximum atomic E-state index is 13.1. The lowest BCUT2D eigenvalue weighted by Gasteiger charge is -2.11. The molecule has 0 saturated carbocycles. The summed E-state index contributed by atoms with van der Waals surface area (Å²) in [6.07, 6.45) is 0. The Bertz CT molecular complexity index is 911. The maximum Gasteiger partial charge on any atom is 0.269 e. The molecule has 0 aliphatic rings. The van der Waals surface area contributed by atoms with Crippen LogP contribution in [0.4, 0.5) is 10.1 Å². The summed E-state index contributed by atoms with van der Waals surface area (Å²) in [5, 5.41) is 19.9. The zero-order chi connectivity index (χ0) is 18.0. The molecule has 0 N–H and O–H groups in total. The molecule has 0 amide bonds. The number of aromatic nitrogens is 3. The monoisotopic (exact) mass is 358 g/mol. The fraction of sp³-hybridized carbons (Fsp3) is 0.176. The predicted molar refractivity (Wildman–Crippen MR) is 93.8 cm³/mol. The first-order valence-corrected chi connectivity index (χ1v) is 8.40. The molecule has 1 unspecified atom stereocenters. The van der Waals surface area contributed by atoms with Gasteiger partial charge in [0, 0.05) is 30.0 Å². The molecule has 0 bridgehead atoms. The van der Waals surface area contributed by atoms with E-state index in [1.165, 1.54) is 30.0 Å². The number of nitro benzene ring substituents is 1. The molecule has 0 aliphatic heterocycles. The lowest BCUT2D eigenvalue weighted by molar-refractivity contribution is -0.384. The molecule has 0 spiro atoms. The van der Waals surface area contributed by atoms with Gasteiger partial charge in [-0.1, -0.05) is 23.9 Å². The number of benzene rings is 2. The summed E-state index contributed by atoms with van der Waals surface area (Å²) in [6.45, 7) is 1.95. The first-order chi connectivity index (χ1) is 12.0. The summed E-state index contributed by atoms with van der Waals surface area (Å²) in [5.41, 5.74) is 1.67. The fourth-order valence-electron chi connectivity index (χ4n) is 2.39. The van der Waals surface area contributed by atoms with Crippen LogP contribution in [-0.2, 0) is 7.05 Å². The molecule has 0 radical (unpaired) electrons. The second kappa shape index (κ2) is 7.02. The summed E-state index contributed by atoms with van der Waals surface area (Å²) < 4.78 is 14.9. The molecule has 0 saturated heterocycles. The van der Waals surface area contributed by atoms with E-state index in [9.17, 15) is 14.5 Å². The highest BCUT2D eigenvalue weighted by molar-refractivity contribution is 7.99. The quantitative estimate of drug-likeness (QED) is 0.384. The Morgan fingerprint density at radius 3 is 2.60 bits per heavy atom. The van der Waals surface area contributed by atoms with Gasteiger partial charge in [-0.2, -0.15) is 0 Å². The molecular formula is C17H15FN4O2S. The number of hydrogen-bond donors (Lipinski definition) is 0. The van der Waals surface area contributed by atoms with Crippen LogP contribution < -0.4 is 0 Å². The van der Waals surface area contributed by atoms with Crippen LogP contribution in [0.25, 0.3) is 11.4 Å². The second-order valence-electron chi connectivity index (χ2n) is 5.48. The fourth-order valence-corrected chi connectivity index (χ4v) is 3.32. The van der Waals surface area contributed by atoms with Crippen molar-refractivity contribution >= 4 is 17.4 Å². The van der Waals surface area contributed by atoms with Crippen molar-refractivity contribution in [1.29, 1.82) is 0 Å². The van der Waals surface area contributed by atoms with Crippen molar-refractivity contribution in [3.63, 3.8) is 0 Å². The lowest BCUT2D eigenvalue weighted by atomic mass is 10.1. The van der Waals surface area contributed by atoms with Crippen LogP contribution in [0.3, 0.4) is 0 Å². The minimum atomic E-state index is -0.407. The predicted octanol–water partition coefficient (Wildman–Crippen LogP) is 4.38. The van der Waals surface area contributed by atoms with Crippen LogP contribution >= 0.6 is 11.8 Å². The van der Waals surface area contributed by atoms with Crippen LogP contribution in [-0.4, -0.2) is 19.7 Å².